The molecular weight excluding hydrogens is 196 g/mol. The molecule has 0 unspecified atom stereocenters. The zero-order chi connectivity index (χ0) is 10.9. The van der Waals surface area contributed by atoms with Crippen molar-refractivity contribution in [2.75, 3.05) is 38.7 Å². The summed E-state index contributed by atoms with van der Waals surface area (Å²) in [6.45, 7) is 2.91. The molecule has 1 aromatic rings. The highest BCUT2D eigenvalue weighted by Crippen LogP contribution is 1.87. The summed E-state index contributed by atoms with van der Waals surface area (Å²) in [7, 11) is 1.66. The largest absolute Gasteiger partial charge is 0.383 e. The molecule has 1 heterocycles. The second-order valence-electron chi connectivity index (χ2n) is 2.94. The van der Waals surface area contributed by atoms with Gasteiger partial charge in [0, 0.05) is 39.1 Å². The van der Waals surface area contributed by atoms with Crippen LogP contribution in [-0.4, -0.2) is 43.3 Å². The molecule has 0 saturated carbocycles. The second kappa shape index (κ2) is 6.97. The number of H-pyrrole nitrogens is 1. The average molecular weight is 212 g/mol. The van der Waals surface area contributed by atoms with Crippen LogP contribution in [-0.2, 0) is 4.74 Å². The van der Waals surface area contributed by atoms with E-state index in [1.807, 2.05) is 0 Å². The summed E-state index contributed by atoms with van der Waals surface area (Å²) in [5, 5.41) is 6.08. The Labute approximate surface area is 88.1 Å². The van der Waals surface area contributed by atoms with Gasteiger partial charge < -0.3 is 20.4 Å². The highest BCUT2D eigenvalue weighted by Gasteiger charge is 1.96. The number of hydrogen-bond acceptors (Lipinski definition) is 5. The molecular formula is C9H16N4O2. The maximum atomic E-state index is 11.2. The molecule has 1 rings (SSSR count). The van der Waals surface area contributed by atoms with Crippen molar-refractivity contribution in [1.82, 2.24) is 15.3 Å². The fourth-order valence-electron chi connectivity index (χ4n) is 1.05. The predicted molar refractivity (Wildman–Crippen MR) is 58.1 cm³/mol. The Morgan fingerprint density at radius 1 is 1.47 bits per heavy atom. The van der Waals surface area contributed by atoms with Gasteiger partial charge in [0.1, 0.15) is 0 Å². The molecule has 3 N–H and O–H groups in total. The van der Waals surface area contributed by atoms with Crippen LogP contribution in [0.5, 0.6) is 0 Å². The fourth-order valence-corrected chi connectivity index (χ4v) is 1.05. The maximum absolute atomic E-state index is 11.2. The zero-order valence-corrected chi connectivity index (χ0v) is 8.75. The summed E-state index contributed by atoms with van der Waals surface area (Å²) in [5.74, 6) is 0.353. The molecule has 6 heteroatoms. The van der Waals surface area contributed by atoms with Gasteiger partial charge in [0.2, 0.25) is 0 Å². The number of methoxy groups -OCH3 is 1. The first-order valence-corrected chi connectivity index (χ1v) is 4.82. The SMILES string of the molecule is COCCNCCNc1ncc[nH]c1=O. The van der Waals surface area contributed by atoms with Crippen molar-refractivity contribution < 1.29 is 4.74 Å². The molecule has 0 spiro atoms. The number of nitrogens with one attached hydrogen (secondary N) is 3. The Morgan fingerprint density at radius 3 is 3.07 bits per heavy atom. The van der Waals surface area contributed by atoms with Gasteiger partial charge in [-0.25, -0.2) is 4.98 Å². The topological polar surface area (TPSA) is 79.0 Å². The molecule has 6 nitrogen and oxygen atoms in total. The third-order valence-corrected chi connectivity index (χ3v) is 1.78. The number of anilines is 1. The van der Waals surface area contributed by atoms with E-state index in [9.17, 15) is 4.79 Å². The molecule has 0 aliphatic carbocycles. The Hall–Kier alpha value is -1.40. The molecule has 0 fully saturated rings. The molecule has 1 aromatic heterocycles. The lowest BCUT2D eigenvalue weighted by atomic mass is 10.5. The first-order valence-electron chi connectivity index (χ1n) is 4.82. The van der Waals surface area contributed by atoms with Crippen LogP contribution in [0.25, 0.3) is 0 Å². The second-order valence-corrected chi connectivity index (χ2v) is 2.94. The number of rotatable bonds is 7. The van der Waals surface area contributed by atoms with Crippen LogP contribution in [0, 0.1) is 0 Å². The molecule has 15 heavy (non-hydrogen) atoms. The number of nitrogens with zero attached hydrogens (tertiary/aromatic N) is 1. The van der Waals surface area contributed by atoms with E-state index < -0.39 is 0 Å². The van der Waals surface area contributed by atoms with E-state index >= 15 is 0 Å². The molecule has 0 amide bonds. The van der Waals surface area contributed by atoms with Gasteiger partial charge in [-0.3, -0.25) is 4.79 Å². The molecule has 0 radical (unpaired) electrons. The van der Waals surface area contributed by atoms with Gasteiger partial charge in [-0.15, -0.1) is 0 Å². The molecule has 0 bridgehead atoms. The van der Waals surface area contributed by atoms with Crippen molar-refractivity contribution in [2.24, 2.45) is 0 Å². The minimum atomic E-state index is -0.200. The van der Waals surface area contributed by atoms with Crippen LogP contribution in [0.1, 0.15) is 0 Å². The van der Waals surface area contributed by atoms with Gasteiger partial charge in [0.05, 0.1) is 6.61 Å². The van der Waals surface area contributed by atoms with Crippen molar-refractivity contribution in [3.63, 3.8) is 0 Å². The van der Waals surface area contributed by atoms with E-state index in [-0.39, 0.29) is 5.56 Å². The molecule has 0 aromatic carbocycles. The van der Waals surface area contributed by atoms with E-state index in [1.54, 1.807) is 13.3 Å². The van der Waals surface area contributed by atoms with Crippen LogP contribution in [0.2, 0.25) is 0 Å². The number of ether oxygens (including phenoxy) is 1. The van der Waals surface area contributed by atoms with Crippen molar-refractivity contribution in [1.29, 1.82) is 0 Å². The van der Waals surface area contributed by atoms with E-state index in [4.69, 9.17) is 4.74 Å². The Morgan fingerprint density at radius 2 is 2.33 bits per heavy atom. The highest BCUT2D eigenvalue weighted by atomic mass is 16.5. The molecule has 84 valence electrons. The first kappa shape index (κ1) is 11.7. The zero-order valence-electron chi connectivity index (χ0n) is 8.75. The molecule has 0 saturated heterocycles. The predicted octanol–water partition coefficient (Wildman–Crippen LogP) is -0.582. The van der Waals surface area contributed by atoms with Crippen LogP contribution in [0.15, 0.2) is 17.2 Å². The monoisotopic (exact) mass is 212 g/mol. The summed E-state index contributed by atoms with van der Waals surface area (Å²) in [6.07, 6.45) is 3.05. The highest BCUT2D eigenvalue weighted by molar-refractivity contribution is 5.29. The van der Waals surface area contributed by atoms with Crippen molar-refractivity contribution in [3.8, 4) is 0 Å². The lowest BCUT2D eigenvalue weighted by Crippen LogP contribution is -2.27. The van der Waals surface area contributed by atoms with Crippen molar-refractivity contribution in [3.05, 3.63) is 22.7 Å². The standard InChI is InChI=1S/C9H16N4O2/c1-15-7-6-10-2-3-11-8-9(14)13-5-4-12-8/h4-5,10H,2-3,6-7H2,1H3,(H,11,12)(H,13,14). The smallest absolute Gasteiger partial charge is 0.290 e. The van der Waals surface area contributed by atoms with Crippen LogP contribution >= 0.6 is 0 Å². The van der Waals surface area contributed by atoms with Gasteiger partial charge in [0.25, 0.3) is 5.56 Å². The quantitative estimate of drug-likeness (QED) is 0.527. The van der Waals surface area contributed by atoms with E-state index in [2.05, 4.69) is 20.6 Å². The lowest BCUT2D eigenvalue weighted by Gasteiger charge is -2.05. The minimum absolute atomic E-state index is 0.200. The number of aromatic amines is 1. The summed E-state index contributed by atoms with van der Waals surface area (Å²) in [6, 6.07) is 0. The van der Waals surface area contributed by atoms with E-state index in [1.165, 1.54) is 6.20 Å². The van der Waals surface area contributed by atoms with E-state index in [0.29, 0.717) is 19.0 Å². The van der Waals surface area contributed by atoms with Crippen LogP contribution < -0.4 is 16.2 Å². The fraction of sp³-hybridized carbons (Fsp3) is 0.556. The van der Waals surface area contributed by atoms with Crippen molar-refractivity contribution in [2.45, 2.75) is 0 Å². The number of aromatic nitrogens is 2. The summed E-state index contributed by atoms with van der Waals surface area (Å²) in [4.78, 5) is 17.6. The summed E-state index contributed by atoms with van der Waals surface area (Å²) >= 11 is 0. The van der Waals surface area contributed by atoms with Gasteiger partial charge in [-0.1, -0.05) is 0 Å². The van der Waals surface area contributed by atoms with Gasteiger partial charge in [-0.2, -0.15) is 0 Å². The normalized spacial score (nSPS) is 10.2. The first-order chi connectivity index (χ1) is 7.34. The van der Waals surface area contributed by atoms with Gasteiger partial charge in [-0.05, 0) is 0 Å². The summed E-state index contributed by atoms with van der Waals surface area (Å²) in [5.41, 5.74) is -0.200. The molecule has 0 aliphatic rings. The van der Waals surface area contributed by atoms with Gasteiger partial charge in [0.15, 0.2) is 5.82 Å². The Kier molecular flexibility index (Phi) is 5.42. The Bertz CT molecular complexity index is 326. The Balaban J connectivity index is 2.15. The van der Waals surface area contributed by atoms with Crippen LogP contribution in [0.3, 0.4) is 0 Å². The average Bonchev–Trinajstić information content (AvgIpc) is 2.25. The van der Waals surface area contributed by atoms with E-state index in [0.717, 1.165) is 13.1 Å². The van der Waals surface area contributed by atoms with Crippen molar-refractivity contribution >= 4 is 5.82 Å². The maximum Gasteiger partial charge on any atom is 0.290 e. The summed E-state index contributed by atoms with van der Waals surface area (Å²) < 4.78 is 4.88. The minimum Gasteiger partial charge on any atom is -0.383 e. The third-order valence-electron chi connectivity index (χ3n) is 1.78. The third kappa shape index (κ3) is 4.57. The molecule has 0 atom stereocenters. The van der Waals surface area contributed by atoms with Gasteiger partial charge >= 0.3 is 0 Å². The molecule has 0 aliphatic heterocycles. The lowest BCUT2D eigenvalue weighted by molar-refractivity contribution is 0.200. The van der Waals surface area contributed by atoms with Crippen LogP contribution in [0.4, 0.5) is 5.82 Å². The number of hydrogen-bond donors (Lipinski definition) is 3.